The summed E-state index contributed by atoms with van der Waals surface area (Å²) in [7, 11) is 0. The molecule has 0 atom stereocenters. The number of hydrogen-bond acceptors (Lipinski definition) is 2. The molecule has 0 spiro atoms. The van der Waals surface area contributed by atoms with E-state index in [-0.39, 0.29) is 22.9 Å². The van der Waals surface area contributed by atoms with Crippen LogP contribution >= 0.6 is 0 Å². The van der Waals surface area contributed by atoms with Crippen molar-refractivity contribution in [2.75, 3.05) is 23.7 Å². The average molecular weight is 681 g/mol. The first-order valence-corrected chi connectivity index (χ1v) is 18.8. The van der Waals surface area contributed by atoms with E-state index in [1.165, 1.54) is 60.3 Å². The largest absolute Gasteiger partial charge is 0.337 e. The Hall–Kier alpha value is -5.62. The van der Waals surface area contributed by atoms with Crippen LogP contribution < -0.4 is 21.3 Å². The lowest BCUT2D eigenvalue weighted by Crippen LogP contribution is -2.58. The Labute approximate surface area is 301 Å². The first-order chi connectivity index (χ1) is 25.4. The van der Waals surface area contributed by atoms with Crippen LogP contribution in [0.1, 0.15) is 38.5 Å². The Morgan fingerprint density at radius 2 is 0.846 bits per heavy atom. The van der Waals surface area contributed by atoms with Gasteiger partial charge in [-0.2, -0.15) is 0 Å². The van der Waals surface area contributed by atoms with Gasteiger partial charge in [-0.25, -0.2) is 9.59 Å². The summed E-state index contributed by atoms with van der Waals surface area (Å²) in [4.78, 5) is 27.1. The van der Waals surface area contributed by atoms with E-state index in [1.54, 1.807) is 0 Å². The Kier molecular flexibility index (Phi) is 6.32. The summed E-state index contributed by atoms with van der Waals surface area (Å²) < 4.78 is 0. The lowest BCUT2D eigenvalue weighted by atomic mass is 9.44. The lowest BCUT2D eigenvalue weighted by Gasteiger charge is -2.62. The smallest absolute Gasteiger partial charge is 0.319 e. The van der Waals surface area contributed by atoms with Crippen LogP contribution in [0.5, 0.6) is 0 Å². The Morgan fingerprint density at radius 1 is 0.481 bits per heavy atom. The maximum atomic E-state index is 13.6. The number of carbonyl (C=O) groups is 2. The molecule has 6 nitrogen and oxygen atoms in total. The third kappa shape index (κ3) is 4.62. The van der Waals surface area contributed by atoms with E-state index < -0.39 is 0 Å². The standard InChI is InChI=1S/C46H40N4O2/c51-43(49-37-17-13-33-9-7-29-3-1-5-31-11-15-35(37)41(33)39(29)31)47-25-45-20-27-19-28(21-45)23-46(22-27,24-45)26-48-44(52)50-38-18-14-34-10-8-30-4-2-6-32-12-16-36(38)42(34)40(30)32/h1-18,27-28H,19-26H2,(H2,47,49,51)(H2,48,50,52). The predicted molar refractivity (Wildman–Crippen MR) is 214 cm³/mol. The summed E-state index contributed by atoms with van der Waals surface area (Å²) in [6.45, 7) is 1.32. The van der Waals surface area contributed by atoms with E-state index in [0.29, 0.717) is 24.9 Å². The fraction of sp³-hybridized carbons (Fsp3) is 0.261. The maximum absolute atomic E-state index is 13.6. The van der Waals surface area contributed by atoms with Gasteiger partial charge in [-0.15, -0.1) is 0 Å². The molecule has 6 heteroatoms. The van der Waals surface area contributed by atoms with Gasteiger partial charge < -0.3 is 21.3 Å². The topological polar surface area (TPSA) is 82.3 Å². The fourth-order valence-electron chi connectivity index (χ4n) is 11.6. The third-order valence-corrected chi connectivity index (χ3v) is 13.1. The van der Waals surface area contributed by atoms with Crippen LogP contribution in [0.2, 0.25) is 0 Å². The van der Waals surface area contributed by atoms with Crippen LogP contribution in [-0.2, 0) is 0 Å². The first kappa shape index (κ1) is 30.0. The molecule has 256 valence electrons. The zero-order valence-corrected chi connectivity index (χ0v) is 29.0. The predicted octanol–water partition coefficient (Wildman–Crippen LogP) is 11.0. The SMILES string of the molecule is O=C(NCC12CC3CC(C1)CC(CNC(=O)Nc1ccc4ccc5cccc6ccc1c4c56)(C3)C2)Nc1ccc2ccc3cccc4ccc1c2c34. The van der Waals surface area contributed by atoms with Gasteiger partial charge in [-0.05, 0) is 127 Å². The van der Waals surface area contributed by atoms with E-state index in [4.69, 9.17) is 0 Å². The molecule has 4 aliphatic rings. The van der Waals surface area contributed by atoms with E-state index in [1.807, 2.05) is 12.1 Å². The van der Waals surface area contributed by atoms with Gasteiger partial charge in [0.05, 0.1) is 11.4 Å². The Balaban J connectivity index is 0.791. The molecule has 0 unspecified atom stereocenters. The number of carbonyl (C=O) groups excluding carboxylic acids is 2. The van der Waals surface area contributed by atoms with Crippen LogP contribution in [-0.4, -0.2) is 25.2 Å². The summed E-state index contributed by atoms with van der Waals surface area (Å²) in [6.07, 6.45) is 6.91. The molecule has 4 aliphatic carbocycles. The number of hydrogen-bond donors (Lipinski definition) is 4. The average Bonchev–Trinajstić information content (AvgIpc) is 3.15. The minimum absolute atomic E-state index is 0.0638. The van der Waals surface area contributed by atoms with Crippen LogP contribution in [0.4, 0.5) is 21.0 Å². The summed E-state index contributed by atoms with van der Waals surface area (Å²) >= 11 is 0. The number of urea groups is 2. The molecule has 0 aromatic heterocycles. The van der Waals surface area contributed by atoms with Gasteiger partial charge in [0.15, 0.2) is 0 Å². The van der Waals surface area contributed by atoms with Crippen LogP contribution in [0.15, 0.2) is 109 Å². The van der Waals surface area contributed by atoms with E-state index in [0.717, 1.165) is 54.3 Å². The van der Waals surface area contributed by atoms with Crippen molar-refractivity contribution in [3.8, 4) is 0 Å². The summed E-state index contributed by atoms with van der Waals surface area (Å²) in [5, 5.41) is 27.3. The number of amides is 4. The highest BCUT2D eigenvalue weighted by molar-refractivity contribution is 6.27. The molecule has 4 bridgehead atoms. The van der Waals surface area contributed by atoms with Gasteiger partial charge in [0.2, 0.25) is 0 Å². The monoisotopic (exact) mass is 680 g/mol. The minimum atomic E-state index is -0.148. The molecule has 52 heavy (non-hydrogen) atoms. The maximum Gasteiger partial charge on any atom is 0.319 e. The normalized spacial score (nSPS) is 23.8. The first-order valence-electron chi connectivity index (χ1n) is 18.8. The zero-order valence-electron chi connectivity index (χ0n) is 29.0. The van der Waals surface area contributed by atoms with Gasteiger partial charge in [-0.3, -0.25) is 0 Å². The number of nitrogens with one attached hydrogen (secondary N) is 4. The zero-order chi connectivity index (χ0) is 34.6. The molecule has 0 saturated heterocycles. The molecule has 8 aromatic carbocycles. The summed E-state index contributed by atoms with van der Waals surface area (Å²) in [6, 6.07) is 38.1. The van der Waals surface area contributed by atoms with Crippen molar-refractivity contribution in [2.24, 2.45) is 22.7 Å². The second kappa shape index (κ2) is 10.9. The van der Waals surface area contributed by atoms with Crippen LogP contribution in [0.3, 0.4) is 0 Å². The van der Waals surface area contributed by atoms with E-state index >= 15 is 0 Å². The molecule has 12 rings (SSSR count). The quantitative estimate of drug-likeness (QED) is 0.132. The summed E-state index contributed by atoms with van der Waals surface area (Å²) in [5.41, 5.74) is 1.80. The van der Waals surface area contributed by atoms with Crippen molar-refractivity contribution in [3.05, 3.63) is 109 Å². The van der Waals surface area contributed by atoms with Crippen LogP contribution in [0, 0.1) is 22.7 Å². The molecule has 4 amide bonds. The molecule has 4 N–H and O–H groups in total. The number of anilines is 2. The third-order valence-electron chi connectivity index (χ3n) is 13.1. The van der Waals surface area contributed by atoms with Gasteiger partial charge in [0.25, 0.3) is 0 Å². The van der Waals surface area contributed by atoms with E-state index in [9.17, 15) is 9.59 Å². The van der Waals surface area contributed by atoms with Crippen molar-refractivity contribution in [3.63, 3.8) is 0 Å². The molecule has 4 fully saturated rings. The molecule has 0 aliphatic heterocycles. The molecule has 8 aromatic rings. The highest BCUT2D eigenvalue weighted by atomic mass is 16.2. The van der Waals surface area contributed by atoms with E-state index in [2.05, 4.69) is 118 Å². The second-order valence-electron chi connectivity index (χ2n) is 16.5. The van der Waals surface area contributed by atoms with Crippen molar-refractivity contribution in [2.45, 2.75) is 38.5 Å². The van der Waals surface area contributed by atoms with Crippen molar-refractivity contribution in [1.82, 2.24) is 10.6 Å². The second-order valence-corrected chi connectivity index (χ2v) is 16.5. The number of benzene rings is 8. The van der Waals surface area contributed by atoms with Crippen molar-refractivity contribution < 1.29 is 9.59 Å². The highest BCUT2D eigenvalue weighted by Gasteiger charge is 2.57. The van der Waals surface area contributed by atoms with Crippen molar-refractivity contribution >= 4 is 88.1 Å². The fourth-order valence-corrected chi connectivity index (χ4v) is 11.6. The number of rotatable bonds is 6. The van der Waals surface area contributed by atoms with Crippen molar-refractivity contribution in [1.29, 1.82) is 0 Å². The molecular formula is C46H40N4O2. The molecule has 0 heterocycles. The molecule has 0 radical (unpaired) electrons. The highest BCUT2D eigenvalue weighted by Crippen LogP contribution is 2.65. The summed E-state index contributed by atoms with van der Waals surface area (Å²) in [5.74, 6) is 1.29. The molecule has 4 saturated carbocycles. The minimum Gasteiger partial charge on any atom is -0.337 e. The van der Waals surface area contributed by atoms with Gasteiger partial charge >= 0.3 is 12.1 Å². The van der Waals surface area contributed by atoms with Crippen LogP contribution in [0.25, 0.3) is 64.6 Å². The Bertz CT molecular complexity index is 2500. The van der Waals surface area contributed by atoms with Gasteiger partial charge in [0.1, 0.15) is 0 Å². The molecular weight excluding hydrogens is 641 g/mol. The van der Waals surface area contributed by atoms with Gasteiger partial charge in [-0.1, -0.05) is 97.1 Å². The van der Waals surface area contributed by atoms with Gasteiger partial charge in [0, 0.05) is 23.9 Å². The Morgan fingerprint density at radius 3 is 1.27 bits per heavy atom. The lowest BCUT2D eigenvalue weighted by molar-refractivity contribution is -0.105.